The average molecular weight is 377 g/mol. The molecule has 0 aliphatic carbocycles. The summed E-state index contributed by atoms with van der Waals surface area (Å²) < 4.78 is 43.5. The van der Waals surface area contributed by atoms with Crippen LogP contribution >= 0.6 is 0 Å². The zero-order valence-electron chi connectivity index (χ0n) is 13.8. The molecule has 0 saturated heterocycles. The monoisotopic (exact) mass is 377 g/mol. The largest absolute Gasteiger partial charge is 0.432 e. The summed E-state index contributed by atoms with van der Waals surface area (Å²) in [5, 5.41) is 9.09. The molecule has 0 unspecified atom stereocenters. The van der Waals surface area contributed by atoms with E-state index in [0.717, 1.165) is 17.7 Å². The number of nitrogens with zero attached hydrogens (tertiary/aromatic N) is 3. The molecular formula is C17H14F3N5O2. The van der Waals surface area contributed by atoms with Crippen LogP contribution in [0.4, 0.5) is 23.7 Å². The van der Waals surface area contributed by atoms with Crippen LogP contribution in [0.5, 0.6) is 5.75 Å². The Hall–Kier alpha value is -3.56. The van der Waals surface area contributed by atoms with Crippen molar-refractivity contribution < 1.29 is 22.7 Å². The van der Waals surface area contributed by atoms with E-state index in [1.165, 1.54) is 6.07 Å². The number of pyridine rings is 1. The molecule has 2 aromatic heterocycles. The molecule has 3 rings (SSSR count). The highest BCUT2D eigenvalue weighted by molar-refractivity contribution is 5.89. The number of rotatable bonds is 6. The van der Waals surface area contributed by atoms with E-state index in [9.17, 15) is 18.0 Å². The first-order valence-corrected chi connectivity index (χ1v) is 7.75. The third kappa shape index (κ3) is 4.97. The Balaban J connectivity index is 1.57. The number of carbonyl (C=O) groups is 1. The van der Waals surface area contributed by atoms with Crippen molar-refractivity contribution in [3.63, 3.8) is 0 Å². The Kier molecular flexibility index (Phi) is 5.55. The lowest BCUT2D eigenvalue weighted by Crippen LogP contribution is -2.28. The lowest BCUT2D eigenvalue weighted by atomic mass is 10.2. The number of ether oxygens (including phenoxy) is 1. The fraction of sp³-hybridized carbons (Fsp3) is 0.118. The van der Waals surface area contributed by atoms with Crippen molar-refractivity contribution in [1.29, 1.82) is 0 Å². The zero-order valence-corrected chi connectivity index (χ0v) is 13.8. The van der Waals surface area contributed by atoms with Crippen molar-refractivity contribution in [1.82, 2.24) is 20.1 Å². The first kappa shape index (κ1) is 18.2. The predicted molar refractivity (Wildman–Crippen MR) is 90.2 cm³/mol. The van der Waals surface area contributed by atoms with Crippen LogP contribution in [-0.2, 0) is 6.54 Å². The van der Waals surface area contributed by atoms with Crippen LogP contribution in [-0.4, -0.2) is 27.4 Å². The van der Waals surface area contributed by atoms with Gasteiger partial charge in [-0.05, 0) is 35.9 Å². The van der Waals surface area contributed by atoms with Gasteiger partial charge in [-0.1, -0.05) is 0 Å². The van der Waals surface area contributed by atoms with Crippen LogP contribution in [0.15, 0.2) is 55.0 Å². The van der Waals surface area contributed by atoms with Crippen molar-refractivity contribution in [3.8, 4) is 11.6 Å². The lowest BCUT2D eigenvalue weighted by molar-refractivity contribution is -0.0521. The zero-order chi connectivity index (χ0) is 19.2. The number of urea groups is 1. The van der Waals surface area contributed by atoms with Gasteiger partial charge in [-0.2, -0.15) is 13.9 Å². The quantitative estimate of drug-likeness (QED) is 0.691. The Morgan fingerprint density at radius 2 is 2.07 bits per heavy atom. The Morgan fingerprint density at radius 1 is 1.22 bits per heavy atom. The van der Waals surface area contributed by atoms with Gasteiger partial charge in [0.25, 0.3) is 0 Å². The molecule has 0 fully saturated rings. The van der Waals surface area contributed by atoms with Crippen LogP contribution in [0.25, 0.3) is 5.82 Å². The first-order chi connectivity index (χ1) is 13.0. The number of alkyl halides is 2. The van der Waals surface area contributed by atoms with E-state index in [1.807, 2.05) is 0 Å². The topological polar surface area (TPSA) is 81.1 Å². The van der Waals surface area contributed by atoms with E-state index < -0.39 is 24.2 Å². The number of amides is 2. The number of aromatic nitrogens is 3. The van der Waals surface area contributed by atoms with Crippen LogP contribution in [0, 0.1) is 5.82 Å². The number of hydrogen-bond donors (Lipinski definition) is 2. The molecule has 0 aliphatic rings. The maximum absolute atomic E-state index is 13.6. The van der Waals surface area contributed by atoms with E-state index in [-0.39, 0.29) is 12.2 Å². The fourth-order valence-electron chi connectivity index (χ4n) is 2.23. The maximum Gasteiger partial charge on any atom is 0.387 e. The Bertz CT molecular complexity index is 919. The molecule has 0 spiro atoms. The van der Waals surface area contributed by atoms with Gasteiger partial charge in [-0.25, -0.2) is 18.9 Å². The van der Waals surface area contributed by atoms with Crippen molar-refractivity contribution in [2.75, 3.05) is 5.32 Å². The van der Waals surface area contributed by atoms with Crippen LogP contribution in [0.1, 0.15) is 5.56 Å². The lowest BCUT2D eigenvalue weighted by Gasteiger charge is -2.10. The summed E-state index contributed by atoms with van der Waals surface area (Å²) in [5.74, 6) is -1.01. The van der Waals surface area contributed by atoms with E-state index in [4.69, 9.17) is 0 Å². The second kappa shape index (κ2) is 8.21. The fourth-order valence-corrected chi connectivity index (χ4v) is 2.23. The van der Waals surface area contributed by atoms with Gasteiger partial charge in [-0.3, -0.25) is 0 Å². The molecule has 2 heterocycles. The SMILES string of the molecule is O=C(NCc1ccnc(-n2cccn2)c1)Nc1ccc(OC(F)F)c(F)c1. The highest BCUT2D eigenvalue weighted by Gasteiger charge is 2.11. The molecule has 2 N–H and O–H groups in total. The summed E-state index contributed by atoms with van der Waals surface area (Å²) >= 11 is 0. The smallest absolute Gasteiger partial charge is 0.387 e. The molecule has 27 heavy (non-hydrogen) atoms. The minimum Gasteiger partial charge on any atom is -0.432 e. The molecule has 7 nitrogen and oxygen atoms in total. The maximum atomic E-state index is 13.6. The second-order valence-electron chi connectivity index (χ2n) is 5.30. The van der Waals surface area contributed by atoms with Gasteiger partial charge >= 0.3 is 12.6 Å². The van der Waals surface area contributed by atoms with Crippen LogP contribution in [0.3, 0.4) is 0 Å². The molecule has 0 bridgehead atoms. The minimum atomic E-state index is -3.13. The van der Waals surface area contributed by atoms with E-state index in [0.29, 0.717) is 5.82 Å². The van der Waals surface area contributed by atoms with Gasteiger partial charge in [0.05, 0.1) is 0 Å². The summed E-state index contributed by atoms with van der Waals surface area (Å²) in [6.45, 7) is -2.94. The highest BCUT2D eigenvalue weighted by Crippen LogP contribution is 2.22. The Labute approximate surface area is 151 Å². The van der Waals surface area contributed by atoms with Gasteiger partial charge in [0.1, 0.15) is 0 Å². The standard InChI is InChI=1S/C17H14F3N5O2/c18-13-9-12(2-3-14(13)27-16(19)20)24-17(26)22-10-11-4-6-21-15(8-11)25-7-1-5-23-25/h1-9,16H,10H2,(H2,22,24,26). The average Bonchev–Trinajstić information content (AvgIpc) is 3.17. The van der Waals surface area contributed by atoms with Crippen molar-refractivity contribution in [2.45, 2.75) is 13.2 Å². The van der Waals surface area contributed by atoms with E-state index in [2.05, 4.69) is 25.5 Å². The van der Waals surface area contributed by atoms with Gasteiger partial charge in [0.2, 0.25) is 0 Å². The molecule has 1 aromatic carbocycles. The molecule has 0 radical (unpaired) electrons. The number of benzene rings is 1. The summed E-state index contributed by atoms with van der Waals surface area (Å²) in [6, 6.07) is 7.80. The molecule has 0 atom stereocenters. The number of hydrogen-bond acceptors (Lipinski definition) is 4. The number of anilines is 1. The van der Waals surface area contributed by atoms with Crippen molar-refractivity contribution >= 4 is 11.7 Å². The van der Waals surface area contributed by atoms with Gasteiger partial charge in [-0.15, -0.1) is 0 Å². The van der Waals surface area contributed by atoms with Gasteiger partial charge in [0.15, 0.2) is 17.4 Å². The minimum absolute atomic E-state index is 0.0959. The highest BCUT2D eigenvalue weighted by atomic mass is 19.3. The third-order valence-corrected chi connectivity index (χ3v) is 3.41. The van der Waals surface area contributed by atoms with Gasteiger partial charge < -0.3 is 15.4 Å². The van der Waals surface area contributed by atoms with Crippen molar-refractivity contribution in [2.24, 2.45) is 0 Å². The van der Waals surface area contributed by atoms with Crippen LogP contribution in [0.2, 0.25) is 0 Å². The van der Waals surface area contributed by atoms with Gasteiger partial charge in [0, 0.05) is 36.9 Å². The van der Waals surface area contributed by atoms with E-state index in [1.54, 1.807) is 41.5 Å². The van der Waals surface area contributed by atoms with Crippen molar-refractivity contribution in [3.05, 3.63) is 66.4 Å². The molecular weight excluding hydrogens is 363 g/mol. The summed E-state index contributed by atoms with van der Waals surface area (Å²) in [5.41, 5.74) is 0.871. The number of nitrogens with one attached hydrogen (secondary N) is 2. The predicted octanol–water partition coefficient (Wildman–Crippen LogP) is 3.33. The summed E-state index contributed by atoms with van der Waals surface area (Å²) in [7, 11) is 0. The molecule has 3 aromatic rings. The molecule has 0 aliphatic heterocycles. The number of carbonyl (C=O) groups excluding carboxylic acids is 1. The third-order valence-electron chi connectivity index (χ3n) is 3.41. The summed E-state index contributed by atoms with van der Waals surface area (Å²) in [6.07, 6.45) is 4.95. The number of halogens is 3. The van der Waals surface area contributed by atoms with Crippen LogP contribution < -0.4 is 15.4 Å². The normalized spacial score (nSPS) is 10.7. The molecule has 10 heteroatoms. The Morgan fingerprint density at radius 3 is 2.78 bits per heavy atom. The first-order valence-electron chi connectivity index (χ1n) is 7.75. The molecule has 140 valence electrons. The molecule has 0 saturated carbocycles. The van der Waals surface area contributed by atoms with E-state index >= 15 is 0 Å². The second-order valence-corrected chi connectivity index (χ2v) is 5.30. The summed E-state index contributed by atoms with van der Waals surface area (Å²) in [4.78, 5) is 16.1. The molecule has 2 amide bonds.